The Morgan fingerprint density at radius 2 is 2.25 bits per heavy atom. The van der Waals surface area contributed by atoms with Crippen LogP contribution in [-0.2, 0) is 0 Å². The Bertz CT molecular complexity index is 359. The predicted octanol–water partition coefficient (Wildman–Crippen LogP) is 2.43. The smallest absolute Gasteiger partial charge is 0.229 e. The number of nitrogens with zero attached hydrogens (tertiary/aromatic N) is 2. The van der Waals surface area contributed by atoms with E-state index in [9.17, 15) is 0 Å². The minimum absolute atomic E-state index is 0.326. The van der Waals surface area contributed by atoms with Crippen LogP contribution in [0.1, 0.15) is 63.6 Å². The predicted molar refractivity (Wildman–Crippen MR) is 62.1 cm³/mol. The summed E-state index contributed by atoms with van der Waals surface area (Å²) in [4.78, 5) is 4.50. The summed E-state index contributed by atoms with van der Waals surface area (Å²) >= 11 is 0. The maximum Gasteiger partial charge on any atom is 0.229 e. The monoisotopic (exact) mass is 223 g/mol. The number of rotatable bonds is 5. The fourth-order valence-electron chi connectivity index (χ4n) is 2.04. The van der Waals surface area contributed by atoms with Crippen molar-refractivity contribution in [1.29, 1.82) is 0 Å². The van der Waals surface area contributed by atoms with Crippen molar-refractivity contribution in [2.24, 2.45) is 11.1 Å². The Labute approximate surface area is 96.6 Å². The van der Waals surface area contributed by atoms with Crippen LogP contribution in [0.4, 0.5) is 0 Å². The van der Waals surface area contributed by atoms with Crippen LogP contribution < -0.4 is 5.73 Å². The number of aromatic nitrogens is 2. The summed E-state index contributed by atoms with van der Waals surface area (Å²) in [5.41, 5.74) is 5.85. The molecule has 4 nitrogen and oxygen atoms in total. The van der Waals surface area contributed by atoms with Gasteiger partial charge >= 0.3 is 0 Å². The van der Waals surface area contributed by atoms with Gasteiger partial charge in [0, 0.05) is 11.8 Å². The molecular formula is C12H21N3O. The highest BCUT2D eigenvalue weighted by atomic mass is 16.5. The molecule has 4 heteroatoms. The van der Waals surface area contributed by atoms with Crippen molar-refractivity contribution >= 4 is 0 Å². The molecule has 1 aliphatic carbocycles. The van der Waals surface area contributed by atoms with Gasteiger partial charge in [-0.2, -0.15) is 4.98 Å². The summed E-state index contributed by atoms with van der Waals surface area (Å²) in [6.07, 6.45) is 3.20. The van der Waals surface area contributed by atoms with Gasteiger partial charge in [-0.3, -0.25) is 0 Å². The van der Waals surface area contributed by atoms with Gasteiger partial charge in [-0.05, 0) is 31.2 Å². The van der Waals surface area contributed by atoms with Crippen molar-refractivity contribution in [2.75, 3.05) is 6.54 Å². The molecule has 2 atom stereocenters. The van der Waals surface area contributed by atoms with Gasteiger partial charge in [0.25, 0.3) is 0 Å². The van der Waals surface area contributed by atoms with Crippen LogP contribution >= 0.6 is 0 Å². The van der Waals surface area contributed by atoms with Crippen LogP contribution in [0.2, 0.25) is 0 Å². The molecule has 0 aliphatic heterocycles. The lowest BCUT2D eigenvalue weighted by atomic mass is 10.1. The van der Waals surface area contributed by atoms with E-state index in [0.29, 0.717) is 17.3 Å². The molecule has 0 amide bonds. The second-order valence-electron chi connectivity index (χ2n) is 5.57. The average molecular weight is 223 g/mol. The Morgan fingerprint density at radius 1 is 1.56 bits per heavy atom. The minimum atomic E-state index is 0.326. The standard InChI is InChI=1S/C12H21N3O/c1-8(5-4-6-13)11-14-10(15-16-11)9-7-12(9,2)3/h8-9H,4-7,13H2,1-3H3. The molecule has 2 N–H and O–H groups in total. The lowest BCUT2D eigenvalue weighted by molar-refractivity contribution is 0.347. The van der Waals surface area contributed by atoms with E-state index >= 15 is 0 Å². The molecule has 1 aliphatic rings. The van der Waals surface area contributed by atoms with Gasteiger partial charge in [-0.15, -0.1) is 0 Å². The first-order chi connectivity index (χ1) is 7.54. The fraction of sp³-hybridized carbons (Fsp3) is 0.833. The Kier molecular flexibility index (Phi) is 3.02. The van der Waals surface area contributed by atoms with Crippen molar-refractivity contribution in [3.63, 3.8) is 0 Å². The second-order valence-corrected chi connectivity index (χ2v) is 5.57. The maximum absolute atomic E-state index is 5.49. The Hall–Kier alpha value is -0.900. The second kappa shape index (κ2) is 4.17. The third-order valence-corrected chi connectivity index (χ3v) is 3.55. The molecule has 1 fully saturated rings. The summed E-state index contributed by atoms with van der Waals surface area (Å²) < 4.78 is 5.32. The van der Waals surface area contributed by atoms with Gasteiger partial charge < -0.3 is 10.3 Å². The summed E-state index contributed by atoms with van der Waals surface area (Å²) in [5.74, 6) is 2.48. The lowest BCUT2D eigenvalue weighted by Gasteiger charge is -2.03. The molecule has 0 saturated heterocycles. The molecule has 1 saturated carbocycles. The quantitative estimate of drug-likeness (QED) is 0.832. The zero-order valence-corrected chi connectivity index (χ0v) is 10.4. The van der Waals surface area contributed by atoms with Gasteiger partial charge in [0.05, 0.1) is 0 Å². The first kappa shape index (κ1) is 11.6. The maximum atomic E-state index is 5.49. The van der Waals surface area contributed by atoms with Gasteiger partial charge in [0.15, 0.2) is 5.82 Å². The van der Waals surface area contributed by atoms with Crippen molar-refractivity contribution < 1.29 is 4.52 Å². The van der Waals surface area contributed by atoms with E-state index in [1.807, 2.05) is 0 Å². The Balaban J connectivity index is 1.97. The third-order valence-electron chi connectivity index (χ3n) is 3.55. The first-order valence-electron chi connectivity index (χ1n) is 6.08. The highest BCUT2D eigenvalue weighted by Crippen LogP contribution is 2.57. The van der Waals surface area contributed by atoms with Crippen molar-refractivity contribution in [2.45, 2.75) is 51.9 Å². The first-order valence-corrected chi connectivity index (χ1v) is 6.08. The number of nitrogens with two attached hydrogens (primary N) is 1. The molecule has 1 aromatic rings. The molecule has 2 rings (SSSR count). The third kappa shape index (κ3) is 2.26. The average Bonchev–Trinajstić information content (AvgIpc) is 2.67. The molecule has 16 heavy (non-hydrogen) atoms. The Morgan fingerprint density at radius 3 is 2.81 bits per heavy atom. The van der Waals surface area contributed by atoms with E-state index in [0.717, 1.165) is 31.1 Å². The fourth-order valence-corrected chi connectivity index (χ4v) is 2.04. The molecule has 1 heterocycles. The summed E-state index contributed by atoms with van der Waals surface area (Å²) in [6, 6.07) is 0. The molecular weight excluding hydrogens is 202 g/mol. The molecule has 0 aromatic carbocycles. The highest BCUT2D eigenvalue weighted by Gasteiger charge is 2.49. The highest BCUT2D eigenvalue weighted by molar-refractivity contribution is 5.14. The number of hydrogen-bond acceptors (Lipinski definition) is 4. The van der Waals surface area contributed by atoms with Crippen LogP contribution in [0, 0.1) is 5.41 Å². The van der Waals surface area contributed by atoms with E-state index in [4.69, 9.17) is 10.3 Å². The van der Waals surface area contributed by atoms with E-state index in [2.05, 4.69) is 30.9 Å². The van der Waals surface area contributed by atoms with Crippen molar-refractivity contribution in [3.05, 3.63) is 11.7 Å². The van der Waals surface area contributed by atoms with Gasteiger partial charge in [-0.25, -0.2) is 0 Å². The van der Waals surface area contributed by atoms with E-state index in [1.165, 1.54) is 6.42 Å². The van der Waals surface area contributed by atoms with Crippen LogP contribution in [0.5, 0.6) is 0 Å². The van der Waals surface area contributed by atoms with Gasteiger partial charge in [0.2, 0.25) is 5.89 Å². The topological polar surface area (TPSA) is 64.9 Å². The normalized spacial score (nSPS) is 24.4. The SMILES string of the molecule is CC(CCCN)c1nc(C2CC2(C)C)no1. The lowest BCUT2D eigenvalue weighted by Crippen LogP contribution is -2.02. The van der Waals surface area contributed by atoms with Gasteiger partial charge in [0.1, 0.15) is 0 Å². The van der Waals surface area contributed by atoms with Crippen molar-refractivity contribution in [1.82, 2.24) is 10.1 Å². The summed E-state index contributed by atoms with van der Waals surface area (Å²) in [5, 5.41) is 4.09. The van der Waals surface area contributed by atoms with E-state index in [1.54, 1.807) is 0 Å². The summed E-state index contributed by atoms with van der Waals surface area (Å²) in [6.45, 7) is 7.32. The van der Waals surface area contributed by atoms with Crippen LogP contribution in [0.25, 0.3) is 0 Å². The van der Waals surface area contributed by atoms with E-state index < -0.39 is 0 Å². The zero-order valence-electron chi connectivity index (χ0n) is 10.4. The van der Waals surface area contributed by atoms with Crippen molar-refractivity contribution in [3.8, 4) is 0 Å². The van der Waals surface area contributed by atoms with Crippen LogP contribution in [-0.4, -0.2) is 16.7 Å². The molecule has 0 spiro atoms. The minimum Gasteiger partial charge on any atom is -0.339 e. The van der Waals surface area contributed by atoms with Gasteiger partial charge in [-0.1, -0.05) is 25.9 Å². The van der Waals surface area contributed by atoms with Crippen LogP contribution in [0.15, 0.2) is 4.52 Å². The largest absolute Gasteiger partial charge is 0.339 e. The molecule has 0 radical (unpaired) electrons. The number of hydrogen-bond donors (Lipinski definition) is 1. The zero-order chi connectivity index (χ0) is 11.8. The molecule has 2 unspecified atom stereocenters. The van der Waals surface area contributed by atoms with E-state index in [-0.39, 0.29) is 0 Å². The molecule has 1 aromatic heterocycles. The molecule has 0 bridgehead atoms. The molecule has 90 valence electrons. The summed E-state index contributed by atoms with van der Waals surface area (Å²) in [7, 11) is 0. The van der Waals surface area contributed by atoms with Crippen LogP contribution in [0.3, 0.4) is 0 Å².